The van der Waals surface area contributed by atoms with Crippen LogP contribution in [0.1, 0.15) is 29.6 Å². The van der Waals surface area contributed by atoms with Crippen LogP contribution in [0.2, 0.25) is 10.0 Å². The maximum Gasteiger partial charge on any atom is 0.251 e. The largest absolute Gasteiger partial charge is 0.492 e. The van der Waals surface area contributed by atoms with E-state index in [9.17, 15) is 9.59 Å². The molecule has 0 aliphatic carbocycles. The molecule has 0 atom stereocenters. The second kappa shape index (κ2) is 13.9. The molecule has 0 aliphatic heterocycles. The number of halogens is 2. The van der Waals surface area contributed by atoms with Crippen molar-refractivity contribution >= 4 is 58.0 Å². The molecule has 2 aromatic rings. The van der Waals surface area contributed by atoms with Gasteiger partial charge in [0.2, 0.25) is 5.91 Å². The highest BCUT2D eigenvalue weighted by Crippen LogP contribution is 2.27. The highest BCUT2D eigenvalue weighted by molar-refractivity contribution is 7.80. The maximum atomic E-state index is 12.1. The Morgan fingerprint density at radius 3 is 2.47 bits per heavy atom. The number of benzene rings is 2. The standard InChI is InChI=1S/C22H25Cl2N3O4S/c1-30-12-3-11-25-21(29)15-5-8-17(9-6-15)26-22(32)27-20(28)4-2-13-31-19-10-7-16(23)14-18(19)24/h5-10,14H,2-4,11-13H2,1H3,(H,25,29)(H2,26,27,28,32). The molecule has 7 nitrogen and oxygen atoms in total. The number of ether oxygens (including phenoxy) is 2. The first-order valence-electron chi connectivity index (χ1n) is 9.95. The first kappa shape index (κ1) is 25.9. The maximum absolute atomic E-state index is 12.1. The van der Waals surface area contributed by atoms with Crippen molar-refractivity contribution < 1.29 is 19.1 Å². The second-order valence-electron chi connectivity index (χ2n) is 6.71. The van der Waals surface area contributed by atoms with Crippen molar-refractivity contribution in [3.63, 3.8) is 0 Å². The van der Waals surface area contributed by atoms with E-state index < -0.39 is 0 Å². The van der Waals surface area contributed by atoms with Crippen LogP contribution in [0.5, 0.6) is 5.75 Å². The lowest BCUT2D eigenvalue weighted by Gasteiger charge is -2.11. The minimum absolute atomic E-state index is 0.161. The molecule has 3 N–H and O–H groups in total. The summed E-state index contributed by atoms with van der Waals surface area (Å²) in [6.07, 6.45) is 1.47. The van der Waals surface area contributed by atoms with Crippen molar-refractivity contribution in [1.29, 1.82) is 0 Å². The molecule has 0 unspecified atom stereocenters. The van der Waals surface area contributed by atoms with Gasteiger partial charge in [-0.05, 0) is 67.5 Å². The number of hydrogen-bond donors (Lipinski definition) is 3. The summed E-state index contributed by atoms with van der Waals surface area (Å²) >= 11 is 17.0. The minimum Gasteiger partial charge on any atom is -0.492 e. The zero-order chi connectivity index (χ0) is 23.3. The topological polar surface area (TPSA) is 88.7 Å². The fourth-order valence-electron chi connectivity index (χ4n) is 2.58. The van der Waals surface area contributed by atoms with Crippen LogP contribution in [0.3, 0.4) is 0 Å². The summed E-state index contributed by atoms with van der Waals surface area (Å²) in [4.78, 5) is 24.1. The van der Waals surface area contributed by atoms with Crippen LogP contribution < -0.4 is 20.7 Å². The number of thiocarbonyl (C=S) groups is 1. The third-order valence-electron chi connectivity index (χ3n) is 4.17. The summed E-state index contributed by atoms with van der Waals surface area (Å²) < 4.78 is 10.5. The van der Waals surface area contributed by atoms with Gasteiger partial charge >= 0.3 is 0 Å². The van der Waals surface area contributed by atoms with E-state index in [1.165, 1.54) is 0 Å². The van der Waals surface area contributed by atoms with Crippen molar-refractivity contribution in [2.24, 2.45) is 0 Å². The Balaban J connectivity index is 1.68. The molecular weight excluding hydrogens is 473 g/mol. The van der Waals surface area contributed by atoms with Gasteiger partial charge in [-0.1, -0.05) is 23.2 Å². The van der Waals surface area contributed by atoms with E-state index >= 15 is 0 Å². The van der Waals surface area contributed by atoms with Gasteiger partial charge in [-0.3, -0.25) is 9.59 Å². The SMILES string of the molecule is COCCCNC(=O)c1ccc(NC(=S)NC(=O)CCCOc2ccc(Cl)cc2Cl)cc1. The smallest absolute Gasteiger partial charge is 0.251 e. The van der Waals surface area contributed by atoms with E-state index in [2.05, 4.69) is 16.0 Å². The summed E-state index contributed by atoms with van der Waals surface area (Å²) in [6, 6.07) is 11.7. The molecule has 0 heterocycles. The predicted octanol–water partition coefficient (Wildman–Crippen LogP) is 4.43. The summed E-state index contributed by atoms with van der Waals surface area (Å²) in [5.74, 6) is 0.117. The zero-order valence-electron chi connectivity index (χ0n) is 17.6. The van der Waals surface area contributed by atoms with Crippen molar-refractivity contribution in [3.05, 3.63) is 58.1 Å². The first-order chi connectivity index (χ1) is 15.4. The highest BCUT2D eigenvalue weighted by atomic mass is 35.5. The summed E-state index contributed by atoms with van der Waals surface area (Å²) in [7, 11) is 1.62. The summed E-state index contributed by atoms with van der Waals surface area (Å²) in [5.41, 5.74) is 1.19. The van der Waals surface area contributed by atoms with E-state index in [1.807, 2.05) is 0 Å². The molecule has 0 radical (unpaired) electrons. The Kier molecular flexibility index (Phi) is 11.2. The number of anilines is 1. The van der Waals surface area contributed by atoms with Gasteiger partial charge in [-0.25, -0.2) is 0 Å². The normalized spacial score (nSPS) is 10.3. The molecule has 2 amide bonds. The van der Waals surface area contributed by atoms with Gasteiger partial charge in [0.05, 0.1) is 11.6 Å². The zero-order valence-corrected chi connectivity index (χ0v) is 19.9. The minimum atomic E-state index is -0.236. The van der Waals surface area contributed by atoms with Crippen molar-refractivity contribution in [2.75, 3.05) is 32.2 Å². The van der Waals surface area contributed by atoms with Crippen LogP contribution >= 0.6 is 35.4 Å². The predicted molar refractivity (Wildman–Crippen MR) is 131 cm³/mol. The van der Waals surface area contributed by atoms with E-state index in [0.717, 1.165) is 6.42 Å². The molecule has 0 bridgehead atoms. The van der Waals surface area contributed by atoms with Crippen molar-refractivity contribution in [2.45, 2.75) is 19.3 Å². The summed E-state index contributed by atoms with van der Waals surface area (Å²) in [6.45, 7) is 1.46. The van der Waals surface area contributed by atoms with Gasteiger partial charge in [-0.15, -0.1) is 0 Å². The number of carbonyl (C=O) groups excluding carboxylic acids is 2. The highest BCUT2D eigenvalue weighted by Gasteiger charge is 2.08. The Morgan fingerprint density at radius 1 is 1.03 bits per heavy atom. The number of amides is 2. The van der Waals surface area contributed by atoms with E-state index in [-0.39, 0.29) is 23.3 Å². The van der Waals surface area contributed by atoms with Gasteiger partial charge < -0.3 is 25.4 Å². The molecule has 0 aliphatic rings. The summed E-state index contributed by atoms with van der Waals surface area (Å²) in [5, 5.41) is 9.47. The average Bonchev–Trinajstić information content (AvgIpc) is 2.75. The molecule has 0 saturated carbocycles. The fraction of sp³-hybridized carbons (Fsp3) is 0.318. The molecule has 0 aromatic heterocycles. The molecule has 10 heteroatoms. The fourth-order valence-corrected chi connectivity index (χ4v) is 3.28. The molecule has 0 fully saturated rings. The lowest BCUT2D eigenvalue weighted by atomic mass is 10.2. The number of nitrogens with one attached hydrogen (secondary N) is 3. The van der Waals surface area contributed by atoms with E-state index in [0.29, 0.717) is 53.2 Å². The first-order valence-corrected chi connectivity index (χ1v) is 11.1. The van der Waals surface area contributed by atoms with Crippen LogP contribution in [-0.2, 0) is 9.53 Å². The molecule has 172 valence electrons. The average molecular weight is 498 g/mol. The van der Waals surface area contributed by atoms with Crippen molar-refractivity contribution in [3.8, 4) is 5.75 Å². The second-order valence-corrected chi connectivity index (χ2v) is 7.96. The quantitative estimate of drug-likeness (QED) is 0.314. The Morgan fingerprint density at radius 2 is 1.78 bits per heavy atom. The number of methoxy groups -OCH3 is 1. The molecule has 2 rings (SSSR count). The van der Waals surface area contributed by atoms with Crippen LogP contribution in [0, 0.1) is 0 Å². The molecule has 2 aromatic carbocycles. The monoisotopic (exact) mass is 497 g/mol. The number of hydrogen-bond acceptors (Lipinski definition) is 5. The van der Waals surface area contributed by atoms with Gasteiger partial charge in [0.1, 0.15) is 5.75 Å². The van der Waals surface area contributed by atoms with Crippen LogP contribution in [0.25, 0.3) is 0 Å². The van der Waals surface area contributed by atoms with E-state index in [4.69, 9.17) is 44.9 Å². The van der Waals surface area contributed by atoms with Crippen LogP contribution in [-0.4, -0.2) is 43.8 Å². The Labute approximate surface area is 202 Å². The number of carbonyl (C=O) groups is 2. The Bertz CT molecular complexity index is 926. The molecule has 0 saturated heterocycles. The third-order valence-corrected chi connectivity index (χ3v) is 4.90. The van der Waals surface area contributed by atoms with E-state index in [1.54, 1.807) is 49.6 Å². The lowest BCUT2D eigenvalue weighted by Crippen LogP contribution is -2.34. The van der Waals surface area contributed by atoms with Crippen molar-refractivity contribution in [1.82, 2.24) is 10.6 Å². The van der Waals surface area contributed by atoms with Gasteiger partial charge in [0, 0.05) is 43.0 Å². The van der Waals surface area contributed by atoms with Gasteiger partial charge in [0.15, 0.2) is 5.11 Å². The lowest BCUT2D eigenvalue weighted by molar-refractivity contribution is -0.119. The van der Waals surface area contributed by atoms with Gasteiger partial charge in [-0.2, -0.15) is 0 Å². The number of rotatable bonds is 11. The molecule has 0 spiro atoms. The third kappa shape index (κ3) is 9.40. The van der Waals surface area contributed by atoms with Crippen LogP contribution in [0.4, 0.5) is 5.69 Å². The molecule has 32 heavy (non-hydrogen) atoms. The van der Waals surface area contributed by atoms with Gasteiger partial charge in [0.25, 0.3) is 5.91 Å². The Hall–Kier alpha value is -2.39. The molecular formula is C22H25Cl2N3O4S. The van der Waals surface area contributed by atoms with Crippen LogP contribution in [0.15, 0.2) is 42.5 Å².